The van der Waals surface area contributed by atoms with E-state index in [2.05, 4.69) is 20.8 Å². The highest BCUT2D eigenvalue weighted by atomic mass is 35.5. The van der Waals surface area contributed by atoms with Crippen molar-refractivity contribution in [3.63, 3.8) is 0 Å². The molecule has 1 aromatic rings. The second-order valence-corrected chi connectivity index (χ2v) is 6.79. The largest absolute Gasteiger partial charge is 0.0843 e. The number of benzene rings is 1. The van der Waals surface area contributed by atoms with E-state index in [1.807, 2.05) is 30.3 Å². The molecular formula is C16H23BCl. The Bertz CT molecular complexity index is 361. The third-order valence-electron chi connectivity index (χ3n) is 5.40. The Kier molecular flexibility index (Phi) is 4.94. The molecule has 2 aliphatic carbocycles. The second kappa shape index (κ2) is 5.69. The molecule has 2 saturated carbocycles. The van der Waals surface area contributed by atoms with Crippen molar-refractivity contribution in [3.05, 3.63) is 35.4 Å². The van der Waals surface area contributed by atoms with Gasteiger partial charge in [-0.3, -0.25) is 0 Å². The zero-order valence-electron chi connectivity index (χ0n) is 11.7. The molecule has 18 heavy (non-hydrogen) atoms. The molecule has 0 amide bonds. The van der Waals surface area contributed by atoms with Gasteiger partial charge < -0.3 is 0 Å². The lowest BCUT2D eigenvalue weighted by atomic mass is 9.71. The average Bonchev–Trinajstić information content (AvgIpc) is 2.65. The number of hydrogen-bond donors (Lipinski definition) is 0. The molecule has 0 saturated heterocycles. The normalized spacial score (nSPS) is 31.2. The number of hydrogen-bond acceptors (Lipinski definition) is 0. The van der Waals surface area contributed by atoms with Crippen molar-refractivity contribution in [1.82, 2.24) is 0 Å². The van der Waals surface area contributed by atoms with Gasteiger partial charge in [0.15, 0.2) is 0 Å². The molecule has 1 aromatic carbocycles. The predicted octanol–water partition coefficient (Wildman–Crippen LogP) is 5.18. The van der Waals surface area contributed by atoms with Crippen molar-refractivity contribution in [2.75, 3.05) is 0 Å². The van der Waals surface area contributed by atoms with Crippen molar-refractivity contribution in [3.8, 4) is 0 Å². The summed E-state index contributed by atoms with van der Waals surface area (Å²) in [5, 5.41) is 0.794. The highest BCUT2D eigenvalue weighted by molar-refractivity contribution is 6.30. The van der Waals surface area contributed by atoms with E-state index in [4.69, 9.17) is 11.6 Å². The Morgan fingerprint density at radius 1 is 1.00 bits per heavy atom. The minimum atomic E-state index is 0. The fourth-order valence-corrected chi connectivity index (χ4v) is 3.67. The van der Waals surface area contributed by atoms with Crippen molar-refractivity contribution < 1.29 is 0 Å². The molecule has 2 bridgehead atoms. The third kappa shape index (κ3) is 2.77. The van der Waals surface area contributed by atoms with Crippen LogP contribution < -0.4 is 0 Å². The van der Waals surface area contributed by atoms with Crippen molar-refractivity contribution >= 4 is 20.0 Å². The minimum Gasteiger partial charge on any atom is -0.0843 e. The van der Waals surface area contributed by atoms with Gasteiger partial charge in [-0.2, -0.15) is 0 Å². The maximum absolute atomic E-state index is 5.54. The highest BCUT2D eigenvalue weighted by Gasteiger charge is 2.55. The lowest BCUT2D eigenvalue weighted by molar-refractivity contribution is 0.152. The summed E-state index contributed by atoms with van der Waals surface area (Å²) in [7, 11) is 0. The fraction of sp³-hybridized carbons (Fsp3) is 0.625. The van der Waals surface area contributed by atoms with E-state index in [-0.39, 0.29) is 8.41 Å². The molecular weight excluding hydrogens is 238 g/mol. The van der Waals surface area contributed by atoms with Gasteiger partial charge in [0.25, 0.3) is 0 Å². The van der Waals surface area contributed by atoms with E-state index in [0.717, 1.165) is 10.9 Å². The molecule has 2 aliphatic rings. The topological polar surface area (TPSA) is 0 Å². The van der Waals surface area contributed by atoms with Gasteiger partial charge in [0, 0.05) is 13.4 Å². The van der Waals surface area contributed by atoms with Gasteiger partial charge in [0.05, 0.1) is 0 Å². The first kappa shape index (κ1) is 15.6. The second-order valence-electron chi connectivity index (χ2n) is 6.35. The zero-order chi connectivity index (χ0) is 12.5. The predicted molar refractivity (Wildman–Crippen MR) is 81.1 cm³/mol. The summed E-state index contributed by atoms with van der Waals surface area (Å²) in [6, 6.07) is 9.44. The fourth-order valence-electron chi connectivity index (χ4n) is 3.53. The Morgan fingerprint density at radius 3 is 1.67 bits per heavy atom. The van der Waals surface area contributed by atoms with Crippen LogP contribution in [-0.2, 0) is 0 Å². The summed E-state index contributed by atoms with van der Waals surface area (Å²) >= 11 is 5.54. The van der Waals surface area contributed by atoms with Gasteiger partial charge in [-0.15, -0.1) is 0 Å². The highest BCUT2D eigenvalue weighted by Crippen LogP contribution is 2.65. The van der Waals surface area contributed by atoms with E-state index < -0.39 is 0 Å². The van der Waals surface area contributed by atoms with Crippen LogP contribution in [0.4, 0.5) is 0 Å². The van der Waals surface area contributed by atoms with E-state index >= 15 is 0 Å². The van der Waals surface area contributed by atoms with Gasteiger partial charge in [-0.1, -0.05) is 50.6 Å². The summed E-state index contributed by atoms with van der Waals surface area (Å²) in [6.07, 6.45) is 5.99. The zero-order valence-corrected chi connectivity index (χ0v) is 12.5. The van der Waals surface area contributed by atoms with Crippen LogP contribution in [0.5, 0.6) is 0 Å². The quantitative estimate of drug-likeness (QED) is 0.564. The molecule has 2 heteroatoms. The molecule has 0 spiro atoms. The first-order valence-corrected chi connectivity index (χ1v) is 7.04. The molecule has 0 aliphatic heterocycles. The maximum Gasteiger partial charge on any atom is 0.0405 e. The molecule has 2 fully saturated rings. The van der Waals surface area contributed by atoms with Crippen LogP contribution in [0.3, 0.4) is 0 Å². The van der Waals surface area contributed by atoms with Gasteiger partial charge in [0.2, 0.25) is 0 Å². The molecule has 0 unspecified atom stereocenters. The van der Waals surface area contributed by atoms with Crippen LogP contribution in [0, 0.1) is 16.7 Å². The van der Waals surface area contributed by atoms with Gasteiger partial charge in [0.1, 0.15) is 0 Å². The van der Waals surface area contributed by atoms with Crippen LogP contribution in [0.25, 0.3) is 0 Å². The van der Waals surface area contributed by atoms with Crippen LogP contribution >= 0.6 is 11.6 Å². The Morgan fingerprint density at radius 2 is 1.50 bits per heavy atom. The number of fused-ring (bicyclic) bond motifs is 2. The standard InChI is InChI=1S/C10H18.C6H5Cl.B/c1-9(2)8-4-6-10(9,3)7-5-8;7-6-4-2-1-3-5-6;/h8H,4-7H2,1-3H3;1-5H;. The summed E-state index contributed by atoms with van der Waals surface area (Å²) in [5.41, 5.74) is 1.37. The molecule has 0 heterocycles. The van der Waals surface area contributed by atoms with Gasteiger partial charge in [-0.25, -0.2) is 0 Å². The van der Waals surface area contributed by atoms with Gasteiger partial charge >= 0.3 is 0 Å². The minimum absolute atomic E-state index is 0. The molecule has 97 valence electrons. The Labute approximate surface area is 119 Å². The monoisotopic (exact) mass is 261 g/mol. The number of rotatable bonds is 0. The van der Waals surface area contributed by atoms with Crippen molar-refractivity contribution in [2.45, 2.75) is 46.5 Å². The van der Waals surface area contributed by atoms with Crippen LogP contribution in [-0.4, -0.2) is 8.41 Å². The SMILES string of the molecule is CC12CCC(CC1)C2(C)C.Clc1ccccc1.[B]. The van der Waals surface area contributed by atoms with Crippen LogP contribution in [0.15, 0.2) is 30.3 Å². The summed E-state index contributed by atoms with van der Waals surface area (Å²) in [5.74, 6) is 1.05. The third-order valence-corrected chi connectivity index (χ3v) is 5.65. The molecule has 0 nitrogen and oxygen atoms in total. The van der Waals surface area contributed by atoms with Crippen LogP contribution in [0.1, 0.15) is 46.5 Å². The summed E-state index contributed by atoms with van der Waals surface area (Å²) < 4.78 is 0. The van der Waals surface area contributed by atoms with Gasteiger partial charge in [-0.05, 0) is 54.6 Å². The smallest absolute Gasteiger partial charge is 0.0405 e. The summed E-state index contributed by atoms with van der Waals surface area (Å²) in [4.78, 5) is 0. The Balaban J connectivity index is 0.000000181. The summed E-state index contributed by atoms with van der Waals surface area (Å²) in [6.45, 7) is 7.43. The van der Waals surface area contributed by atoms with E-state index in [1.54, 1.807) is 0 Å². The Hall–Kier alpha value is -0.425. The molecule has 0 atom stereocenters. The van der Waals surface area contributed by atoms with Crippen molar-refractivity contribution in [1.29, 1.82) is 0 Å². The maximum atomic E-state index is 5.54. The molecule has 3 rings (SSSR count). The van der Waals surface area contributed by atoms with Crippen LogP contribution in [0.2, 0.25) is 5.02 Å². The van der Waals surface area contributed by atoms with Crippen molar-refractivity contribution in [2.24, 2.45) is 16.7 Å². The number of halogens is 1. The first-order chi connectivity index (χ1) is 7.96. The lowest BCUT2D eigenvalue weighted by Gasteiger charge is -2.34. The molecule has 0 N–H and O–H groups in total. The van der Waals surface area contributed by atoms with E-state index in [0.29, 0.717) is 10.8 Å². The lowest BCUT2D eigenvalue weighted by Crippen LogP contribution is -2.26. The first-order valence-electron chi connectivity index (χ1n) is 6.66. The van der Waals surface area contributed by atoms with E-state index in [1.165, 1.54) is 25.7 Å². The molecule has 0 aromatic heterocycles. The van der Waals surface area contributed by atoms with E-state index in [9.17, 15) is 0 Å². The molecule has 3 radical (unpaired) electrons. The average molecular weight is 262 g/mol.